The molecule has 0 aromatic heterocycles. The molecule has 2 N–H and O–H groups in total. The van der Waals surface area contributed by atoms with Crippen LogP contribution < -0.4 is 5.73 Å². The van der Waals surface area contributed by atoms with Crippen molar-refractivity contribution in [1.82, 2.24) is 0 Å². The van der Waals surface area contributed by atoms with Gasteiger partial charge >= 0.3 is 0 Å². The van der Waals surface area contributed by atoms with Gasteiger partial charge < -0.3 is 5.73 Å². The van der Waals surface area contributed by atoms with Crippen LogP contribution in [0.15, 0.2) is 18.2 Å². The lowest BCUT2D eigenvalue weighted by Gasteiger charge is -2.11. The molecule has 0 heterocycles. The van der Waals surface area contributed by atoms with Crippen molar-refractivity contribution in [2.24, 2.45) is 5.92 Å². The van der Waals surface area contributed by atoms with E-state index >= 15 is 0 Å². The van der Waals surface area contributed by atoms with Gasteiger partial charge in [0.25, 0.3) is 0 Å². The molecule has 2 heteroatoms. The molecule has 0 atom stereocenters. The van der Waals surface area contributed by atoms with E-state index in [1.807, 2.05) is 18.2 Å². The Labute approximate surface area is 101 Å². The molecule has 1 aromatic carbocycles. The van der Waals surface area contributed by atoms with Crippen LogP contribution in [-0.2, 0) is 5.41 Å². The maximum Gasteiger partial charge on any atom is 0.0585 e. The highest BCUT2D eigenvalue weighted by Gasteiger charge is 2.44. The molecule has 0 saturated heterocycles. The first-order chi connectivity index (χ1) is 7.70. The van der Waals surface area contributed by atoms with Gasteiger partial charge in [-0.25, -0.2) is 0 Å². The monoisotopic (exact) mass is 231 g/mol. The van der Waals surface area contributed by atoms with Crippen LogP contribution in [0.4, 0.5) is 5.69 Å². The lowest BCUT2D eigenvalue weighted by atomic mass is 9.95. The SMILES string of the molecule is Nc1ccc(Cl)cc1C1(C#CC2CC2)CC1. The quantitative estimate of drug-likeness (QED) is 0.582. The Hall–Kier alpha value is -1.13. The summed E-state index contributed by atoms with van der Waals surface area (Å²) in [6, 6.07) is 5.70. The number of anilines is 1. The number of hydrogen-bond donors (Lipinski definition) is 1. The Morgan fingerprint density at radius 1 is 1.31 bits per heavy atom. The first-order valence-corrected chi connectivity index (χ1v) is 6.16. The zero-order valence-electron chi connectivity index (χ0n) is 9.09. The van der Waals surface area contributed by atoms with Gasteiger partial charge in [0.2, 0.25) is 0 Å². The van der Waals surface area contributed by atoms with E-state index in [1.54, 1.807) is 0 Å². The molecule has 0 amide bonds. The minimum atomic E-state index is 0.0254. The molecule has 0 aliphatic heterocycles. The second-order valence-corrected chi connectivity index (χ2v) is 5.29. The number of nitrogens with two attached hydrogens (primary N) is 1. The summed E-state index contributed by atoms with van der Waals surface area (Å²) in [5.74, 6) is 7.43. The summed E-state index contributed by atoms with van der Waals surface area (Å²) in [6.45, 7) is 0. The normalized spacial score (nSPS) is 21.1. The fraction of sp³-hybridized carbons (Fsp3) is 0.429. The van der Waals surface area contributed by atoms with E-state index in [2.05, 4.69) is 11.8 Å². The van der Waals surface area contributed by atoms with Crippen molar-refractivity contribution in [3.05, 3.63) is 28.8 Å². The standard InChI is InChI=1S/C14H14ClN/c15-11-3-4-13(16)12(9-11)14(7-8-14)6-5-10-1-2-10/h3-4,9-10H,1-2,7-8,16H2. The van der Waals surface area contributed by atoms with Crippen LogP contribution in [0.25, 0.3) is 0 Å². The molecular formula is C14H14ClN. The average molecular weight is 232 g/mol. The van der Waals surface area contributed by atoms with Crippen LogP contribution in [0.1, 0.15) is 31.2 Å². The smallest absolute Gasteiger partial charge is 0.0585 e. The Morgan fingerprint density at radius 2 is 2.06 bits per heavy atom. The van der Waals surface area contributed by atoms with Crippen molar-refractivity contribution in [3.63, 3.8) is 0 Å². The van der Waals surface area contributed by atoms with E-state index in [-0.39, 0.29) is 5.41 Å². The highest BCUT2D eigenvalue weighted by molar-refractivity contribution is 6.30. The van der Waals surface area contributed by atoms with Gasteiger partial charge in [-0.15, -0.1) is 0 Å². The summed E-state index contributed by atoms with van der Waals surface area (Å²) in [6.07, 6.45) is 4.79. The third-order valence-electron chi connectivity index (χ3n) is 3.37. The molecule has 0 spiro atoms. The van der Waals surface area contributed by atoms with Gasteiger partial charge in [-0.1, -0.05) is 23.4 Å². The average Bonchev–Trinajstić information content (AvgIpc) is 3.14. The Kier molecular flexibility index (Phi) is 2.16. The maximum absolute atomic E-state index is 6.02. The molecule has 0 radical (unpaired) electrons. The first kappa shape index (κ1) is 10.1. The summed E-state index contributed by atoms with van der Waals surface area (Å²) in [4.78, 5) is 0. The Balaban J connectivity index is 1.96. The third kappa shape index (κ3) is 1.79. The first-order valence-electron chi connectivity index (χ1n) is 5.78. The van der Waals surface area contributed by atoms with Crippen LogP contribution >= 0.6 is 11.6 Å². The van der Waals surface area contributed by atoms with E-state index in [9.17, 15) is 0 Å². The molecule has 82 valence electrons. The van der Waals surface area contributed by atoms with Crippen molar-refractivity contribution in [2.45, 2.75) is 31.1 Å². The van der Waals surface area contributed by atoms with Gasteiger partial charge in [0.1, 0.15) is 0 Å². The van der Waals surface area contributed by atoms with E-state index in [4.69, 9.17) is 17.3 Å². The number of halogens is 1. The molecule has 2 aliphatic carbocycles. The van der Waals surface area contributed by atoms with Gasteiger partial charge in [-0.3, -0.25) is 0 Å². The van der Waals surface area contributed by atoms with Crippen molar-refractivity contribution in [3.8, 4) is 11.8 Å². The van der Waals surface area contributed by atoms with Crippen LogP contribution in [0, 0.1) is 17.8 Å². The van der Waals surface area contributed by atoms with Crippen molar-refractivity contribution in [2.75, 3.05) is 5.73 Å². The van der Waals surface area contributed by atoms with Gasteiger partial charge in [-0.2, -0.15) is 0 Å². The third-order valence-corrected chi connectivity index (χ3v) is 3.61. The lowest BCUT2D eigenvalue weighted by Crippen LogP contribution is -2.07. The summed E-state index contributed by atoms with van der Waals surface area (Å²) in [7, 11) is 0. The second-order valence-electron chi connectivity index (χ2n) is 4.86. The summed E-state index contributed by atoms with van der Waals surface area (Å²) in [5, 5.41) is 0.753. The van der Waals surface area contributed by atoms with E-state index in [0.29, 0.717) is 5.92 Å². The van der Waals surface area contributed by atoms with Crippen LogP contribution in [-0.4, -0.2) is 0 Å². The number of rotatable bonds is 1. The Bertz CT molecular complexity index is 487. The maximum atomic E-state index is 6.02. The zero-order valence-corrected chi connectivity index (χ0v) is 9.85. The molecule has 3 rings (SSSR count). The summed E-state index contributed by atoms with van der Waals surface area (Å²) >= 11 is 6.02. The zero-order chi connectivity index (χ0) is 11.2. The number of hydrogen-bond acceptors (Lipinski definition) is 1. The van der Waals surface area contributed by atoms with Crippen molar-refractivity contribution in [1.29, 1.82) is 0 Å². The lowest BCUT2D eigenvalue weighted by molar-refractivity contribution is 0.928. The van der Waals surface area contributed by atoms with Crippen molar-refractivity contribution >= 4 is 17.3 Å². The highest BCUT2D eigenvalue weighted by Crippen LogP contribution is 2.50. The predicted octanol–water partition coefficient (Wildman–Crippen LogP) is 3.37. The molecular weight excluding hydrogens is 218 g/mol. The number of nitrogen functional groups attached to an aromatic ring is 1. The molecule has 1 nitrogen and oxygen atoms in total. The van der Waals surface area contributed by atoms with Crippen LogP contribution in [0.5, 0.6) is 0 Å². The Morgan fingerprint density at radius 3 is 2.69 bits per heavy atom. The molecule has 2 saturated carbocycles. The van der Waals surface area contributed by atoms with Gasteiger partial charge in [0.05, 0.1) is 5.41 Å². The topological polar surface area (TPSA) is 26.0 Å². The molecule has 2 fully saturated rings. The minimum absolute atomic E-state index is 0.0254. The molecule has 16 heavy (non-hydrogen) atoms. The van der Waals surface area contributed by atoms with Gasteiger partial charge in [-0.05, 0) is 49.4 Å². The van der Waals surface area contributed by atoms with E-state index in [0.717, 1.165) is 29.1 Å². The summed E-state index contributed by atoms with van der Waals surface area (Å²) < 4.78 is 0. The minimum Gasteiger partial charge on any atom is -0.398 e. The summed E-state index contributed by atoms with van der Waals surface area (Å²) in [5.41, 5.74) is 7.99. The molecule has 0 unspecified atom stereocenters. The molecule has 2 aliphatic rings. The highest BCUT2D eigenvalue weighted by atomic mass is 35.5. The second kappa shape index (κ2) is 3.43. The van der Waals surface area contributed by atoms with Gasteiger partial charge in [0, 0.05) is 16.6 Å². The fourth-order valence-corrected chi connectivity index (χ4v) is 2.17. The fourth-order valence-electron chi connectivity index (χ4n) is 2.00. The number of benzene rings is 1. The largest absolute Gasteiger partial charge is 0.398 e. The van der Waals surface area contributed by atoms with Crippen LogP contribution in [0.3, 0.4) is 0 Å². The molecule has 1 aromatic rings. The molecule has 0 bridgehead atoms. The van der Waals surface area contributed by atoms with Crippen LogP contribution in [0.2, 0.25) is 5.02 Å². The van der Waals surface area contributed by atoms with E-state index < -0.39 is 0 Å². The van der Waals surface area contributed by atoms with Crippen molar-refractivity contribution < 1.29 is 0 Å². The van der Waals surface area contributed by atoms with E-state index in [1.165, 1.54) is 12.8 Å². The predicted molar refractivity (Wildman–Crippen MR) is 67.3 cm³/mol. The van der Waals surface area contributed by atoms with Gasteiger partial charge in [0.15, 0.2) is 0 Å².